The number of likely N-dealkylation sites (N-methyl/N-ethyl adjacent to an activating group) is 1. The number of nitrogens with one attached hydrogen (secondary N) is 1. The van der Waals surface area contributed by atoms with Gasteiger partial charge >= 0.3 is 0 Å². The second-order valence-electron chi connectivity index (χ2n) is 4.89. The lowest BCUT2D eigenvalue weighted by molar-refractivity contribution is -0.134. The summed E-state index contributed by atoms with van der Waals surface area (Å²) in [6, 6.07) is 0.616. The number of rotatable bonds is 2. The summed E-state index contributed by atoms with van der Waals surface area (Å²) in [6.07, 6.45) is 8.43. The van der Waals surface area contributed by atoms with Gasteiger partial charge in [0.2, 0.25) is 5.91 Å². The molecule has 1 amide bonds. The monoisotopic (exact) mass is 246 g/mol. The lowest BCUT2D eigenvalue weighted by Gasteiger charge is -2.31. The summed E-state index contributed by atoms with van der Waals surface area (Å²) in [4.78, 5) is 14.1. The van der Waals surface area contributed by atoms with Gasteiger partial charge in [-0.15, -0.1) is 12.4 Å². The summed E-state index contributed by atoms with van der Waals surface area (Å²) < 4.78 is 0. The van der Waals surface area contributed by atoms with Gasteiger partial charge in [0.15, 0.2) is 0 Å². The Morgan fingerprint density at radius 2 is 1.75 bits per heavy atom. The molecule has 0 radical (unpaired) electrons. The van der Waals surface area contributed by atoms with Gasteiger partial charge in [-0.05, 0) is 32.2 Å². The van der Waals surface area contributed by atoms with Crippen LogP contribution in [0, 0.1) is 0 Å². The molecule has 2 aliphatic rings. The molecule has 0 aromatic carbocycles. The topological polar surface area (TPSA) is 32.3 Å². The van der Waals surface area contributed by atoms with Crippen LogP contribution < -0.4 is 5.32 Å². The fraction of sp³-hybridized carbons (Fsp3) is 0.917. The fourth-order valence-corrected chi connectivity index (χ4v) is 2.78. The van der Waals surface area contributed by atoms with E-state index in [0.29, 0.717) is 11.9 Å². The molecule has 0 spiro atoms. The Bertz CT molecular complexity index is 223. The van der Waals surface area contributed by atoms with Crippen LogP contribution in [0.3, 0.4) is 0 Å². The molecule has 94 valence electrons. The predicted molar refractivity (Wildman–Crippen MR) is 67.9 cm³/mol. The summed E-state index contributed by atoms with van der Waals surface area (Å²) in [6.45, 7) is 1.01. The quantitative estimate of drug-likeness (QED) is 0.808. The van der Waals surface area contributed by atoms with Crippen molar-refractivity contribution in [1.82, 2.24) is 10.2 Å². The zero-order chi connectivity index (χ0) is 10.7. The number of hydrogen-bond acceptors (Lipinski definition) is 2. The minimum atomic E-state index is 0. The van der Waals surface area contributed by atoms with E-state index in [1.54, 1.807) is 0 Å². The minimum absolute atomic E-state index is 0. The average Bonchev–Trinajstić information content (AvgIpc) is 2.82. The average molecular weight is 247 g/mol. The molecule has 16 heavy (non-hydrogen) atoms. The fourth-order valence-electron chi connectivity index (χ4n) is 2.78. The second kappa shape index (κ2) is 6.45. The summed E-state index contributed by atoms with van der Waals surface area (Å²) in [5.74, 6) is 0.321. The molecule has 0 aromatic heterocycles. The van der Waals surface area contributed by atoms with E-state index in [1.165, 1.54) is 38.5 Å². The normalized spacial score (nSPS) is 26.2. The highest BCUT2D eigenvalue weighted by molar-refractivity contribution is 5.85. The zero-order valence-corrected chi connectivity index (χ0v) is 10.9. The van der Waals surface area contributed by atoms with E-state index in [2.05, 4.69) is 5.32 Å². The minimum Gasteiger partial charge on any atom is -0.341 e. The molecule has 0 bridgehead atoms. The van der Waals surface area contributed by atoms with Gasteiger partial charge < -0.3 is 10.2 Å². The summed E-state index contributed by atoms with van der Waals surface area (Å²) in [5, 5.41) is 3.33. The van der Waals surface area contributed by atoms with E-state index < -0.39 is 0 Å². The number of carbonyl (C=O) groups excluding carboxylic acids is 1. The highest BCUT2D eigenvalue weighted by atomic mass is 35.5. The van der Waals surface area contributed by atoms with Crippen molar-refractivity contribution in [2.75, 3.05) is 13.6 Å². The molecule has 1 saturated carbocycles. The van der Waals surface area contributed by atoms with Crippen LogP contribution in [0.4, 0.5) is 0 Å². The third-order valence-corrected chi connectivity index (χ3v) is 3.83. The van der Waals surface area contributed by atoms with Gasteiger partial charge in [-0.1, -0.05) is 19.3 Å². The van der Waals surface area contributed by atoms with Gasteiger partial charge in [0.1, 0.15) is 0 Å². The maximum atomic E-state index is 12.1. The van der Waals surface area contributed by atoms with E-state index in [4.69, 9.17) is 0 Å². The standard InChI is InChI=1S/C12H22N2O.ClH/c1-14(10-6-2-3-7-10)12(15)11-8-4-5-9-13-11;/h10-11,13H,2-9H2,1H3;1H/t11-;/m1./s1. The molecule has 1 heterocycles. The number of piperidine rings is 1. The van der Waals surface area contributed by atoms with Crippen LogP contribution in [0.1, 0.15) is 44.9 Å². The molecule has 1 aliphatic heterocycles. The summed E-state index contributed by atoms with van der Waals surface area (Å²) >= 11 is 0. The molecule has 2 rings (SSSR count). The van der Waals surface area contributed by atoms with Crippen molar-refractivity contribution in [3.05, 3.63) is 0 Å². The van der Waals surface area contributed by atoms with E-state index in [-0.39, 0.29) is 18.4 Å². The molecule has 2 fully saturated rings. The molecule has 0 unspecified atom stereocenters. The smallest absolute Gasteiger partial charge is 0.239 e. The first-order valence-electron chi connectivity index (χ1n) is 6.29. The Labute approximate surface area is 104 Å². The van der Waals surface area contributed by atoms with Crippen molar-refractivity contribution in [3.8, 4) is 0 Å². The number of hydrogen-bond donors (Lipinski definition) is 1. The van der Waals surface area contributed by atoms with Crippen molar-refractivity contribution >= 4 is 18.3 Å². The van der Waals surface area contributed by atoms with Crippen molar-refractivity contribution in [2.24, 2.45) is 0 Å². The maximum absolute atomic E-state index is 12.1. The van der Waals surface area contributed by atoms with Gasteiger partial charge in [0.25, 0.3) is 0 Å². The Morgan fingerprint density at radius 1 is 1.12 bits per heavy atom. The van der Waals surface area contributed by atoms with Crippen molar-refractivity contribution in [3.63, 3.8) is 0 Å². The maximum Gasteiger partial charge on any atom is 0.239 e. The highest BCUT2D eigenvalue weighted by Crippen LogP contribution is 2.23. The first kappa shape index (κ1) is 13.8. The Hall–Kier alpha value is -0.280. The van der Waals surface area contributed by atoms with Crippen LogP contribution in [-0.4, -0.2) is 36.5 Å². The second-order valence-corrected chi connectivity index (χ2v) is 4.89. The molecule has 4 heteroatoms. The molecule has 1 N–H and O–H groups in total. The van der Waals surface area contributed by atoms with Crippen LogP contribution in [0.25, 0.3) is 0 Å². The van der Waals surface area contributed by atoms with E-state index in [9.17, 15) is 4.79 Å². The molecular formula is C12H23ClN2O. The van der Waals surface area contributed by atoms with Crippen molar-refractivity contribution in [1.29, 1.82) is 0 Å². The molecule has 3 nitrogen and oxygen atoms in total. The number of amides is 1. The van der Waals surface area contributed by atoms with Crippen LogP contribution in [-0.2, 0) is 4.79 Å². The van der Waals surface area contributed by atoms with Gasteiger partial charge in [-0.25, -0.2) is 0 Å². The molecule has 1 aliphatic carbocycles. The molecule has 1 saturated heterocycles. The van der Waals surface area contributed by atoms with Crippen LogP contribution >= 0.6 is 12.4 Å². The van der Waals surface area contributed by atoms with Crippen LogP contribution in [0.5, 0.6) is 0 Å². The largest absolute Gasteiger partial charge is 0.341 e. The van der Waals surface area contributed by atoms with Gasteiger partial charge in [0.05, 0.1) is 6.04 Å². The highest BCUT2D eigenvalue weighted by Gasteiger charge is 2.29. The first-order valence-corrected chi connectivity index (χ1v) is 6.29. The predicted octanol–water partition coefficient (Wildman–Crippen LogP) is 1.95. The Morgan fingerprint density at radius 3 is 2.31 bits per heavy atom. The van der Waals surface area contributed by atoms with Gasteiger partial charge in [-0.2, -0.15) is 0 Å². The van der Waals surface area contributed by atoms with Gasteiger partial charge in [-0.3, -0.25) is 4.79 Å². The SMILES string of the molecule is CN(C(=O)[C@H]1CCCCN1)C1CCCC1.Cl. The lowest BCUT2D eigenvalue weighted by atomic mass is 10.0. The van der Waals surface area contributed by atoms with Crippen LogP contribution in [0.2, 0.25) is 0 Å². The summed E-state index contributed by atoms with van der Waals surface area (Å²) in [5.41, 5.74) is 0. The van der Waals surface area contributed by atoms with E-state index >= 15 is 0 Å². The molecular weight excluding hydrogens is 224 g/mol. The third kappa shape index (κ3) is 3.11. The van der Waals surface area contributed by atoms with E-state index in [0.717, 1.165) is 13.0 Å². The van der Waals surface area contributed by atoms with Crippen molar-refractivity contribution < 1.29 is 4.79 Å². The van der Waals surface area contributed by atoms with Crippen LogP contribution in [0.15, 0.2) is 0 Å². The molecule has 0 aromatic rings. The zero-order valence-electron chi connectivity index (χ0n) is 10.1. The lowest BCUT2D eigenvalue weighted by Crippen LogP contribution is -2.49. The summed E-state index contributed by atoms with van der Waals surface area (Å²) in [7, 11) is 1.98. The number of halogens is 1. The Balaban J connectivity index is 0.00000128. The van der Waals surface area contributed by atoms with Crippen molar-refractivity contribution in [2.45, 2.75) is 57.0 Å². The first-order chi connectivity index (χ1) is 7.29. The van der Waals surface area contributed by atoms with E-state index in [1.807, 2.05) is 11.9 Å². The Kier molecular flexibility index (Phi) is 5.56. The third-order valence-electron chi connectivity index (χ3n) is 3.83. The number of nitrogens with zero attached hydrogens (tertiary/aromatic N) is 1. The molecule has 1 atom stereocenters. The van der Waals surface area contributed by atoms with Gasteiger partial charge in [0, 0.05) is 13.1 Å². The number of carbonyl (C=O) groups is 1.